The third-order valence-corrected chi connectivity index (χ3v) is 5.86. The molecule has 17 heavy (non-hydrogen) atoms. The second-order valence-corrected chi connectivity index (χ2v) is 7.59. The number of halogens is 1. The normalized spacial score (nSPS) is 19.4. The molecular formula is C9H11ClN2O3S2. The van der Waals surface area contributed by atoms with Crippen molar-refractivity contribution in [2.75, 3.05) is 24.6 Å². The fraction of sp³-hybridized carbons (Fsp3) is 0.444. The van der Waals surface area contributed by atoms with Gasteiger partial charge in [-0.3, -0.25) is 4.21 Å². The predicted molar refractivity (Wildman–Crippen MR) is 65.9 cm³/mol. The summed E-state index contributed by atoms with van der Waals surface area (Å²) in [5.41, 5.74) is 0. The Balaban J connectivity index is 2.24. The minimum absolute atomic E-state index is 0.120. The Bertz CT molecular complexity index is 520. The van der Waals surface area contributed by atoms with E-state index in [1.807, 2.05) is 0 Å². The molecule has 0 radical (unpaired) electrons. The van der Waals surface area contributed by atoms with Crippen molar-refractivity contribution in [1.82, 2.24) is 9.29 Å². The van der Waals surface area contributed by atoms with Gasteiger partial charge in [0.25, 0.3) is 0 Å². The van der Waals surface area contributed by atoms with Crippen LogP contribution in [0.15, 0.2) is 23.2 Å². The van der Waals surface area contributed by atoms with Gasteiger partial charge < -0.3 is 0 Å². The highest BCUT2D eigenvalue weighted by Crippen LogP contribution is 2.17. The third-order valence-electron chi connectivity index (χ3n) is 2.47. The molecule has 0 atom stereocenters. The zero-order valence-corrected chi connectivity index (χ0v) is 11.3. The van der Waals surface area contributed by atoms with Crippen LogP contribution >= 0.6 is 11.6 Å². The monoisotopic (exact) mass is 294 g/mol. The zero-order chi connectivity index (χ0) is 12.5. The largest absolute Gasteiger partial charge is 0.259 e. The standard InChI is InChI=1S/C9H11ClN2O3S2/c10-9-2-1-8(7-11-9)17(14,15)12-3-5-16(13)6-4-12/h1-2,7H,3-6H2. The van der Waals surface area contributed by atoms with Crippen LogP contribution in [-0.2, 0) is 20.8 Å². The molecule has 0 unspecified atom stereocenters. The van der Waals surface area contributed by atoms with Gasteiger partial charge in [-0.25, -0.2) is 13.4 Å². The molecule has 1 saturated heterocycles. The van der Waals surface area contributed by atoms with Crippen molar-refractivity contribution in [3.63, 3.8) is 0 Å². The molecule has 0 saturated carbocycles. The summed E-state index contributed by atoms with van der Waals surface area (Å²) in [6.45, 7) is 0.579. The first kappa shape index (κ1) is 12.9. The van der Waals surface area contributed by atoms with Crippen molar-refractivity contribution in [3.05, 3.63) is 23.5 Å². The molecule has 2 rings (SSSR count). The topological polar surface area (TPSA) is 67.3 Å². The fourth-order valence-electron chi connectivity index (χ4n) is 1.53. The van der Waals surface area contributed by atoms with E-state index in [9.17, 15) is 12.6 Å². The molecule has 8 heteroatoms. The summed E-state index contributed by atoms with van der Waals surface area (Å²) < 4.78 is 36.8. The molecule has 5 nitrogen and oxygen atoms in total. The Hall–Kier alpha value is -0.500. The lowest BCUT2D eigenvalue weighted by molar-refractivity contribution is 0.438. The van der Waals surface area contributed by atoms with Crippen LogP contribution in [0.1, 0.15) is 0 Å². The number of aromatic nitrogens is 1. The van der Waals surface area contributed by atoms with Crippen LogP contribution in [-0.4, -0.2) is 46.5 Å². The number of nitrogens with zero attached hydrogens (tertiary/aromatic N) is 2. The van der Waals surface area contributed by atoms with Gasteiger partial charge in [-0.05, 0) is 12.1 Å². The average Bonchev–Trinajstić information content (AvgIpc) is 2.30. The van der Waals surface area contributed by atoms with E-state index in [2.05, 4.69) is 4.98 Å². The number of pyridine rings is 1. The van der Waals surface area contributed by atoms with Crippen LogP contribution < -0.4 is 0 Å². The first-order valence-electron chi connectivity index (χ1n) is 4.97. The van der Waals surface area contributed by atoms with Crippen molar-refractivity contribution in [2.24, 2.45) is 0 Å². The lowest BCUT2D eigenvalue weighted by Crippen LogP contribution is -2.41. The highest BCUT2D eigenvalue weighted by Gasteiger charge is 2.28. The Morgan fingerprint density at radius 1 is 1.29 bits per heavy atom. The molecule has 0 N–H and O–H groups in total. The van der Waals surface area contributed by atoms with Crippen molar-refractivity contribution >= 4 is 32.4 Å². The van der Waals surface area contributed by atoms with Crippen molar-refractivity contribution in [2.45, 2.75) is 4.90 Å². The fourth-order valence-corrected chi connectivity index (χ4v) is 4.31. The van der Waals surface area contributed by atoms with Crippen molar-refractivity contribution in [3.8, 4) is 0 Å². The van der Waals surface area contributed by atoms with E-state index < -0.39 is 20.8 Å². The lowest BCUT2D eigenvalue weighted by Gasteiger charge is -2.25. The molecule has 0 spiro atoms. The van der Waals surface area contributed by atoms with Gasteiger partial charge in [0.2, 0.25) is 10.0 Å². The van der Waals surface area contributed by atoms with Crippen molar-refractivity contribution < 1.29 is 12.6 Å². The number of rotatable bonds is 2. The lowest BCUT2D eigenvalue weighted by atomic mass is 10.5. The molecule has 1 aliphatic heterocycles. The molecule has 0 bridgehead atoms. The Morgan fingerprint density at radius 2 is 1.94 bits per heavy atom. The number of hydrogen-bond acceptors (Lipinski definition) is 4. The van der Waals surface area contributed by atoms with Gasteiger partial charge in [-0.15, -0.1) is 0 Å². The summed E-state index contributed by atoms with van der Waals surface area (Å²) in [5.74, 6) is 0.778. The molecule has 2 heterocycles. The first-order valence-corrected chi connectivity index (χ1v) is 8.27. The Kier molecular flexibility index (Phi) is 3.82. The average molecular weight is 295 g/mol. The van der Waals surface area contributed by atoms with E-state index in [4.69, 9.17) is 11.6 Å². The summed E-state index contributed by atoms with van der Waals surface area (Å²) in [7, 11) is -4.42. The molecule has 1 fully saturated rings. The molecule has 0 amide bonds. The summed E-state index contributed by atoms with van der Waals surface area (Å²) in [4.78, 5) is 3.87. The van der Waals surface area contributed by atoms with Gasteiger partial charge >= 0.3 is 0 Å². The van der Waals surface area contributed by atoms with E-state index in [-0.39, 0.29) is 23.1 Å². The highest BCUT2D eigenvalue weighted by atomic mass is 35.5. The van der Waals surface area contributed by atoms with Crippen LogP contribution in [0.5, 0.6) is 0 Å². The molecule has 0 aromatic carbocycles. The minimum Gasteiger partial charge on any atom is -0.259 e. The minimum atomic E-state index is -3.52. The van der Waals surface area contributed by atoms with Crippen LogP contribution in [0.2, 0.25) is 5.15 Å². The van der Waals surface area contributed by atoms with E-state index in [0.717, 1.165) is 0 Å². The molecule has 1 aromatic heterocycles. The smallest absolute Gasteiger partial charge is 0.244 e. The molecule has 0 aliphatic carbocycles. The van der Waals surface area contributed by atoms with E-state index in [0.29, 0.717) is 11.5 Å². The van der Waals surface area contributed by atoms with Gasteiger partial charge in [0.15, 0.2) is 0 Å². The second-order valence-electron chi connectivity index (χ2n) is 3.57. The zero-order valence-electron chi connectivity index (χ0n) is 8.87. The maximum absolute atomic E-state index is 12.1. The highest BCUT2D eigenvalue weighted by molar-refractivity contribution is 7.89. The van der Waals surface area contributed by atoms with Gasteiger partial charge in [-0.1, -0.05) is 11.6 Å². The number of sulfonamides is 1. The quantitative estimate of drug-likeness (QED) is 0.745. The third kappa shape index (κ3) is 2.85. The first-order chi connectivity index (χ1) is 8.00. The molecule has 1 aromatic rings. The van der Waals surface area contributed by atoms with Crippen LogP contribution in [0.3, 0.4) is 0 Å². The van der Waals surface area contributed by atoms with Crippen molar-refractivity contribution in [1.29, 1.82) is 0 Å². The van der Waals surface area contributed by atoms with Gasteiger partial charge in [0.1, 0.15) is 10.0 Å². The predicted octanol–water partition coefficient (Wildman–Crippen LogP) is 0.488. The summed E-state index contributed by atoms with van der Waals surface area (Å²) in [6, 6.07) is 2.87. The molecule has 1 aliphatic rings. The SMILES string of the molecule is O=S1CCN(S(=O)(=O)c2ccc(Cl)nc2)CC1. The Morgan fingerprint density at radius 3 is 2.47 bits per heavy atom. The Labute approximate surface area is 107 Å². The van der Waals surface area contributed by atoms with E-state index in [1.54, 1.807) is 0 Å². The van der Waals surface area contributed by atoms with E-state index in [1.165, 1.54) is 22.6 Å². The van der Waals surface area contributed by atoms with Crippen LogP contribution in [0.4, 0.5) is 0 Å². The van der Waals surface area contributed by atoms with Crippen LogP contribution in [0, 0.1) is 0 Å². The summed E-state index contributed by atoms with van der Waals surface area (Å²) in [6.07, 6.45) is 1.24. The van der Waals surface area contributed by atoms with Gasteiger partial charge in [0, 0.05) is 41.6 Å². The maximum atomic E-state index is 12.1. The number of hydrogen-bond donors (Lipinski definition) is 0. The summed E-state index contributed by atoms with van der Waals surface area (Å²) >= 11 is 5.61. The van der Waals surface area contributed by atoms with Gasteiger partial charge in [0.05, 0.1) is 0 Å². The van der Waals surface area contributed by atoms with Gasteiger partial charge in [-0.2, -0.15) is 4.31 Å². The maximum Gasteiger partial charge on any atom is 0.244 e. The second kappa shape index (κ2) is 5.01. The van der Waals surface area contributed by atoms with Crippen LogP contribution in [0.25, 0.3) is 0 Å². The molecule has 94 valence electrons. The van der Waals surface area contributed by atoms with E-state index >= 15 is 0 Å². The molecular weight excluding hydrogens is 284 g/mol. The summed E-state index contributed by atoms with van der Waals surface area (Å²) in [5, 5.41) is 0.253.